The summed E-state index contributed by atoms with van der Waals surface area (Å²) in [7, 11) is 3.78. The fourth-order valence-electron chi connectivity index (χ4n) is 4.80. The van der Waals surface area contributed by atoms with Crippen LogP contribution < -0.4 is 20.1 Å². The minimum absolute atomic E-state index is 0.0357. The number of nitrogens with zero attached hydrogens (tertiary/aromatic N) is 6. The lowest BCUT2D eigenvalue weighted by Gasteiger charge is -2.20. The number of fused-ring (bicyclic) bond motifs is 1. The third-order valence-electron chi connectivity index (χ3n) is 6.92. The summed E-state index contributed by atoms with van der Waals surface area (Å²) >= 11 is 0. The number of benzene rings is 2. The molecule has 216 valence electrons. The van der Waals surface area contributed by atoms with Crippen LogP contribution in [-0.2, 0) is 11.3 Å². The molecule has 0 radical (unpaired) electrons. The van der Waals surface area contributed by atoms with Crippen LogP contribution in [0.1, 0.15) is 12.8 Å². The molecule has 3 heterocycles. The molecule has 1 aliphatic heterocycles. The molecule has 0 atom stereocenters. The molecule has 1 saturated heterocycles. The van der Waals surface area contributed by atoms with Crippen molar-refractivity contribution >= 4 is 34.0 Å². The van der Waals surface area contributed by atoms with Crippen LogP contribution in [0, 0.1) is 5.82 Å². The number of nitrogens with one attached hydrogen (secondary N) is 2. The molecule has 2 N–H and O–H groups in total. The average Bonchev–Trinajstić information content (AvgIpc) is 3.28. The molecule has 2 aromatic heterocycles. The van der Waals surface area contributed by atoms with Crippen LogP contribution in [-0.4, -0.2) is 88.9 Å². The van der Waals surface area contributed by atoms with Crippen LogP contribution in [0.15, 0.2) is 55.1 Å². The van der Waals surface area contributed by atoms with Gasteiger partial charge in [-0.2, -0.15) is 5.10 Å². The van der Waals surface area contributed by atoms with E-state index in [1.807, 2.05) is 12.1 Å². The Morgan fingerprint density at radius 1 is 1.07 bits per heavy atom. The largest absolute Gasteiger partial charge is 0.493 e. The zero-order valence-electron chi connectivity index (χ0n) is 23.3. The first-order valence-electron chi connectivity index (χ1n) is 13.7. The van der Waals surface area contributed by atoms with Gasteiger partial charge in [0.25, 0.3) is 0 Å². The number of halogens is 1. The number of aromatic nitrogens is 4. The molecule has 2 aromatic carbocycles. The Bertz CT molecular complexity index is 1480. The van der Waals surface area contributed by atoms with E-state index in [9.17, 15) is 9.18 Å². The number of carbonyl (C=O) groups excluding carboxylic acids is 1. The van der Waals surface area contributed by atoms with Crippen molar-refractivity contribution in [2.45, 2.75) is 19.4 Å². The monoisotopic (exact) mass is 562 g/mol. The molecule has 0 spiro atoms. The summed E-state index contributed by atoms with van der Waals surface area (Å²) in [6.45, 7) is 6.00. The van der Waals surface area contributed by atoms with Crippen molar-refractivity contribution in [3.8, 4) is 11.5 Å². The molecule has 41 heavy (non-hydrogen) atoms. The first-order chi connectivity index (χ1) is 20.0. The van der Waals surface area contributed by atoms with E-state index in [4.69, 9.17) is 9.47 Å². The molecule has 11 nitrogen and oxygen atoms in total. The molecular formula is C29H35FN8O3. The van der Waals surface area contributed by atoms with Gasteiger partial charge in [0, 0.05) is 43.0 Å². The van der Waals surface area contributed by atoms with Crippen molar-refractivity contribution in [2.24, 2.45) is 0 Å². The molecule has 1 amide bonds. The van der Waals surface area contributed by atoms with Crippen molar-refractivity contribution in [1.29, 1.82) is 0 Å². The summed E-state index contributed by atoms with van der Waals surface area (Å²) in [6, 6.07) is 9.45. The van der Waals surface area contributed by atoms with Gasteiger partial charge in [-0.05, 0) is 57.2 Å². The maximum Gasteiger partial charge on any atom is 0.246 e. The molecule has 12 heteroatoms. The Morgan fingerprint density at radius 3 is 2.83 bits per heavy atom. The second kappa shape index (κ2) is 13.4. The molecule has 0 aliphatic carbocycles. The molecule has 1 fully saturated rings. The maximum atomic E-state index is 13.4. The Labute approximate surface area is 238 Å². The number of methoxy groups -OCH3 is 1. The van der Waals surface area contributed by atoms with Gasteiger partial charge in [0.15, 0.2) is 11.5 Å². The van der Waals surface area contributed by atoms with Crippen molar-refractivity contribution in [3.63, 3.8) is 0 Å². The van der Waals surface area contributed by atoms with Crippen molar-refractivity contribution < 1.29 is 18.7 Å². The molecule has 4 aromatic rings. The Morgan fingerprint density at radius 2 is 1.98 bits per heavy atom. The van der Waals surface area contributed by atoms with Gasteiger partial charge in [-0.3, -0.25) is 9.48 Å². The minimum atomic E-state index is -0.419. The second-order valence-corrected chi connectivity index (χ2v) is 10.1. The lowest BCUT2D eigenvalue weighted by molar-refractivity contribution is -0.116. The van der Waals surface area contributed by atoms with Gasteiger partial charge in [-0.25, -0.2) is 14.4 Å². The van der Waals surface area contributed by atoms with Crippen LogP contribution in [0.5, 0.6) is 11.5 Å². The van der Waals surface area contributed by atoms with E-state index in [0.29, 0.717) is 40.8 Å². The Kier molecular flexibility index (Phi) is 9.22. The third-order valence-corrected chi connectivity index (χ3v) is 6.92. The van der Waals surface area contributed by atoms with Gasteiger partial charge in [-0.1, -0.05) is 6.07 Å². The van der Waals surface area contributed by atoms with Gasteiger partial charge in [0.05, 0.1) is 31.1 Å². The summed E-state index contributed by atoms with van der Waals surface area (Å²) < 4.78 is 26.6. The zero-order chi connectivity index (χ0) is 28.6. The quantitative estimate of drug-likeness (QED) is 0.264. The van der Waals surface area contributed by atoms with Crippen LogP contribution in [0.4, 0.5) is 21.6 Å². The SMILES string of the molecule is COc1cc2c(Nc3cnn(CC(=O)Nc4cccc(F)c4)c3)ncnc2cc1OCCCN1CCCN(C)CC1. The third kappa shape index (κ3) is 7.68. The number of hydrogen-bond acceptors (Lipinski definition) is 9. The molecule has 0 bridgehead atoms. The lowest BCUT2D eigenvalue weighted by atomic mass is 10.2. The van der Waals surface area contributed by atoms with Crippen molar-refractivity contribution in [1.82, 2.24) is 29.5 Å². The molecule has 1 aliphatic rings. The number of carbonyl (C=O) groups is 1. The highest BCUT2D eigenvalue weighted by atomic mass is 19.1. The highest BCUT2D eigenvalue weighted by Gasteiger charge is 2.15. The predicted molar refractivity (Wildman–Crippen MR) is 155 cm³/mol. The van der Waals surface area contributed by atoms with Crippen LogP contribution >= 0.6 is 0 Å². The average molecular weight is 563 g/mol. The molecule has 0 unspecified atom stereocenters. The first kappa shape index (κ1) is 28.2. The standard InChI is InChI=1S/C29H35FN8O3/c1-36-8-4-9-37(12-11-36)10-5-13-41-27-16-25-24(15-26(27)40-2)29(32-20-31-25)35-23-17-33-38(18-23)19-28(39)34-22-7-3-6-21(30)14-22/h3,6-7,14-18,20H,4-5,8-13,19H2,1-2H3,(H,34,39)(H,31,32,35). The summed E-state index contributed by atoms with van der Waals surface area (Å²) in [5, 5.41) is 10.9. The second-order valence-electron chi connectivity index (χ2n) is 10.1. The van der Waals surface area contributed by atoms with Crippen molar-refractivity contribution in [3.05, 3.63) is 60.9 Å². The van der Waals surface area contributed by atoms with E-state index >= 15 is 0 Å². The molecular weight excluding hydrogens is 527 g/mol. The van der Waals surface area contributed by atoms with Crippen LogP contribution in [0.25, 0.3) is 10.9 Å². The highest BCUT2D eigenvalue weighted by Crippen LogP contribution is 2.34. The Balaban J connectivity index is 1.20. The van der Waals surface area contributed by atoms with Gasteiger partial charge in [0.2, 0.25) is 5.91 Å². The fourth-order valence-corrected chi connectivity index (χ4v) is 4.80. The van der Waals surface area contributed by atoms with E-state index < -0.39 is 5.82 Å². The summed E-state index contributed by atoms with van der Waals surface area (Å²) in [5.41, 5.74) is 1.73. The number of anilines is 3. The summed E-state index contributed by atoms with van der Waals surface area (Å²) in [4.78, 5) is 26.1. The first-order valence-corrected chi connectivity index (χ1v) is 13.7. The van der Waals surface area contributed by atoms with E-state index in [1.54, 1.807) is 25.6 Å². The smallest absolute Gasteiger partial charge is 0.246 e. The molecule has 0 saturated carbocycles. The lowest BCUT2D eigenvalue weighted by Crippen LogP contribution is -2.30. The van der Waals surface area contributed by atoms with E-state index in [1.165, 1.54) is 35.6 Å². The number of likely N-dealkylation sites (N-methyl/N-ethyl adjacent to an activating group) is 1. The fraction of sp³-hybridized carbons (Fsp3) is 0.379. The van der Waals surface area contributed by atoms with E-state index in [-0.39, 0.29) is 12.5 Å². The minimum Gasteiger partial charge on any atom is -0.493 e. The zero-order valence-corrected chi connectivity index (χ0v) is 23.3. The maximum absolute atomic E-state index is 13.4. The predicted octanol–water partition coefficient (Wildman–Crippen LogP) is 3.76. The van der Waals surface area contributed by atoms with E-state index in [0.717, 1.165) is 44.5 Å². The number of rotatable bonds is 11. The van der Waals surface area contributed by atoms with Gasteiger partial charge >= 0.3 is 0 Å². The van der Waals surface area contributed by atoms with Crippen molar-refractivity contribution in [2.75, 3.05) is 64.1 Å². The number of hydrogen-bond donors (Lipinski definition) is 2. The topological polar surface area (TPSA) is 110 Å². The van der Waals surface area contributed by atoms with Crippen LogP contribution in [0.3, 0.4) is 0 Å². The van der Waals surface area contributed by atoms with E-state index in [2.05, 4.69) is 42.5 Å². The van der Waals surface area contributed by atoms with Gasteiger partial charge < -0.3 is 29.9 Å². The number of ether oxygens (including phenoxy) is 2. The normalized spacial score (nSPS) is 14.5. The Hall–Kier alpha value is -4.29. The van der Waals surface area contributed by atoms with Gasteiger partial charge in [-0.15, -0.1) is 0 Å². The molecule has 5 rings (SSSR count). The summed E-state index contributed by atoms with van der Waals surface area (Å²) in [5.74, 6) is 1.05. The highest BCUT2D eigenvalue weighted by molar-refractivity contribution is 5.93. The van der Waals surface area contributed by atoms with Gasteiger partial charge in [0.1, 0.15) is 24.5 Å². The number of amides is 1. The summed E-state index contributed by atoms with van der Waals surface area (Å²) in [6.07, 6.45) is 6.88. The van der Waals surface area contributed by atoms with Crippen LogP contribution in [0.2, 0.25) is 0 Å².